The standard InChI is InChI=1S/C14H27NO2/c1-3-14(4-2,11-16)15-13(17)12-9-7-5-6-8-10-12/h12,16H,3-11H2,1-2H3,(H,15,17). The molecule has 0 saturated heterocycles. The van der Waals surface area contributed by atoms with Crippen LogP contribution in [-0.4, -0.2) is 23.2 Å². The van der Waals surface area contributed by atoms with Crippen LogP contribution in [0.1, 0.15) is 65.2 Å². The van der Waals surface area contributed by atoms with Crippen LogP contribution in [0.2, 0.25) is 0 Å². The molecule has 0 aromatic carbocycles. The largest absolute Gasteiger partial charge is 0.394 e. The normalized spacial score (nSPS) is 18.8. The first-order valence-corrected chi connectivity index (χ1v) is 7.10. The molecule has 2 N–H and O–H groups in total. The van der Waals surface area contributed by atoms with Gasteiger partial charge in [-0.15, -0.1) is 0 Å². The number of nitrogens with one attached hydrogen (secondary N) is 1. The lowest BCUT2D eigenvalue weighted by molar-refractivity contribution is -0.128. The first kappa shape index (κ1) is 14.5. The number of carbonyl (C=O) groups is 1. The maximum Gasteiger partial charge on any atom is 0.223 e. The molecule has 0 heterocycles. The molecule has 0 aromatic rings. The van der Waals surface area contributed by atoms with Crippen molar-refractivity contribution in [2.75, 3.05) is 6.61 Å². The Kier molecular flexibility index (Phi) is 5.96. The molecule has 0 unspecified atom stereocenters. The van der Waals surface area contributed by atoms with Gasteiger partial charge in [0.25, 0.3) is 0 Å². The average Bonchev–Trinajstić information content (AvgIpc) is 2.65. The Morgan fingerprint density at radius 2 is 1.71 bits per heavy atom. The van der Waals surface area contributed by atoms with E-state index in [1.807, 2.05) is 13.8 Å². The fraction of sp³-hybridized carbons (Fsp3) is 0.929. The molecule has 0 atom stereocenters. The van der Waals surface area contributed by atoms with Crippen molar-refractivity contribution < 1.29 is 9.90 Å². The van der Waals surface area contributed by atoms with Crippen LogP contribution in [0.3, 0.4) is 0 Å². The maximum atomic E-state index is 12.2. The quantitative estimate of drug-likeness (QED) is 0.727. The Morgan fingerprint density at radius 1 is 1.18 bits per heavy atom. The maximum absolute atomic E-state index is 12.2. The number of aliphatic hydroxyl groups is 1. The van der Waals surface area contributed by atoms with Gasteiger partial charge in [-0.05, 0) is 25.7 Å². The minimum atomic E-state index is -0.399. The summed E-state index contributed by atoms with van der Waals surface area (Å²) in [5.74, 6) is 0.325. The third-order valence-corrected chi connectivity index (χ3v) is 4.27. The number of hydrogen-bond donors (Lipinski definition) is 2. The second-order valence-electron chi connectivity index (χ2n) is 5.32. The number of rotatable bonds is 5. The van der Waals surface area contributed by atoms with Crippen LogP contribution in [0.4, 0.5) is 0 Å². The summed E-state index contributed by atoms with van der Waals surface area (Å²) in [6.45, 7) is 4.08. The molecule has 100 valence electrons. The first-order valence-electron chi connectivity index (χ1n) is 7.10. The highest BCUT2D eigenvalue weighted by Gasteiger charge is 2.30. The predicted molar refractivity (Wildman–Crippen MR) is 69.7 cm³/mol. The minimum Gasteiger partial charge on any atom is -0.394 e. The molecule has 1 saturated carbocycles. The summed E-state index contributed by atoms with van der Waals surface area (Å²) in [5, 5.41) is 12.6. The van der Waals surface area contributed by atoms with E-state index in [1.165, 1.54) is 25.7 Å². The summed E-state index contributed by atoms with van der Waals surface area (Å²) in [4.78, 5) is 12.2. The number of amides is 1. The van der Waals surface area contributed by atoms with Crippen LogP contribution in [0, 0.1) is 5.92 Å². The van der Waals surface area contributed by atoms with Crippen LogP contribution in [0.5, 0.6) is 0 Å². The summed E-state index contributed by atoms with van der Waals surface area (Å²) >= 11 is 0. The molecule has 0 aromatic heterocycles. The van der Waals surface area contributed by atoms with Gasteiger partial charge >= 0.3 is 0 Å². The zero-order valence-electron chi connectivity index (χ0n) is 11.3. The van der Waals surface area contributed by atoms with Crippen LogP contribution in [0.25, 0.3) is 0 Å². The average molecular weight is 241 g/mol. The molecule has 1 aliphatic carbocycles. The van der Waals surface area contributed by atoms with Crippen molar-refractivity contribution in [3.8, 4) is 0 Å². The van der Waals surface area contributed by atoms with E-state index in [0.717, 1.165) is 25.7 Å². The van der Waals surface area contributed by atoms with Gasteiger partial charge in [0.1, 0.15) is 0 Å². The monoisotopic (exact) mass is 241 g/mol. The molecular formula is C14H27NO2. The topological polar surface area (TPSA) is 49.3 Å². The van der Waals surface area contributed by atoms with E-state index in [4.69, 9.17) is 0 Å². The molecule has 0 bridgehead atoms. The molecule has 0 spiro atoms. The van der Waals surface area contributed by atoms with Gasteiger partial charge in [-0.2, -0.15) is 0 Å². The van der Waals surface area contributed by atoms with Crippen molar-refractivity contribution in [1.82, 2.24) is 5.32 Å². The minimum absolute atomic E-state index is 0.0401. The van der Waals surface area contributed by atoms with Gasteiger partial charge in [0.2, 0.25) is 5.91 Å². The van der Waals surface area contributed by atoms with Crippen molar-refractivity contribution in [3.63, 3.8) is 0 Å². The molecule has 17 heavy (non-hydrogen) atoms. The fourth-order valence-electron chi connectivity index (χ4n) is 2.59. The molecule has 0 aliphatic heterocycles. The Labute approximate surface area is 105 Å². The van der Waals surface area contributed by atoms with Crippen molar-refractivity contribution in [3.05, 3.63) is 0 Å². The number of carbonyl (C=O) groups excluding carboxylic acids is 1. The molecule has 1 fully saturated rings. The van der Waals surface area contributed by atoms with E-state index >= 15 is 0 Å². The zero-order valence-corrected chi connectivity index (χ0v) is 11.3. The van der Waals surface area contributed by atoms with Crippen molar-refractivity contribution >= 4 is 5.91 Å². The van der Waals surface area contributed by atoms with E-state index in [9.17, 15) is 9.90 Å². The van der Waals surface area contributed by atoms with Gasteiger partial charge in [0.15, 0.2) is 0 Å². The van der Waals surface area contributed by atoms with Crippen molar-refractivity contribution in [2.45, 2.75) is 70.8 Å². The van der Waals surface area contributed by atoms with E-state index in [1.54, 1.807) is 0 Å². The number of aliphatic hydroxyl groups excluding tert-OH is 1. The second kappa shape index (κ2) is 7.00. The van der Waals surface area contributed by atoms with Crippen molar-refractivity contribution in [1.29, 1.82) is 0 Å². The Hall–Kier alpha value is -0.570. The summed E-state index contributed by atoms with van der Waals surface area (Å²) in [6.07, 6.45) is 8.47. The van der Waals surface area contributed by atoms with E-state index in [-0.39, 0.29) is 18.4 Å². The summed E-state index contributed by atoms with van der Waals surface area (Å²) in [7, 11) is 0. The Balaban J connectivity index is 2.56. The van der Waals surface area contributed by atoms with Crippen LogP contribution < -0.4 is 5.32 Å². The van der Waals surface area contributed by atoms with Crippen molar-refractivity contribution in [2.24, 2.45) is 5.92 Å². The van der Waals surface area contributed by atoms with Crippen LogP contribution in [-0.2, 0) is 4.79 Å². The lowest BCUT2D eigenvalue weighted by atomic mass is 9.91. The SMILES string of the molecule is CCC(CC)(CO)NC(=O)C1CCCCCC1. The number of hydrogen-bond acceptors (Lipinski definition) is 2. The Morgan fingerprint density at radius 3 is 2.12 bits per heavy atom. The third kappa shape index (κ3) is 3.98. The fourth-order valence-corrected chi connectivity index (χ4v) is 2.59. The van der Waals surface area contributed by atoms with E-state index < -0.39 is 5.54 Å². The highest BCUT2D eigenvalue weighted by Crippen LogP contribution is 2.24. The highest BCUT2D eigenvalue weighted by atomic mass is 16.3. The molecule has 3 nitrogen and oxygen atoms in total. The molecule has 1 amide bonds. The third-order valence-electron chi connectivity index (χ3n) is 4.27. The molecule has 0 radical (unpaired) electrons. The molecule has 3 heteroatoms. The second-order valence-corrected chi connectivity index (χ2v) is 5.32. The van der Waals surface area contributed by atoms with Gasteiger partial charge in [0.05, 0.1) is 12.1 Å². The summed E-state index contributed by atoms with van der Waals surface area (Å²) in [5.41, 5.74) is -0.399. The highest BCUT2D eigenvalue weighted by molar-refractivity contribution is 5.79. The lowest BCUT2D eigenvalue weighted by Crippen LogP contribution is -2.52. The van der Waals surface area contributed by atoms with Gasteiger partial charge in [-0.25, -0.2) is 0 Å². The zero-order chi connectivity index (χ0) is 12.7. The lowest BCUT2D eigenvalue weighted by Gasteiger charge is -2.32. The smallest absolute Gasteiger partial charge is 0.223 e. The first-order chi connectivity index (χ1) is 8.17. The van der Waals surface area contributed by atoms with E-state index in [0.29, 0.717) is 0 Å². The van der Waals surface area contributed by atoms with Gasteiger partial charge in [-0.1, -0.05) is 39.5 Å². The molecular weight excluding hydrogens is 214 g/mol. The summed E-state index contributed by atoms with van der Waals surface area (Å²) in [6, 6.07) is 0. The van der Waals surface area contributed by atoms with Crippen LogP contribution in [0.15, 0.2) is 0 Å². The summed E-state index contributed by atoms with van der Waals surface area (Å²) < 4.78 is 0. The molecule has 1 rings (SSSR count). The molecule has 1 aliphatic rings. The van der Waals surface area contributed by atoms with Gasteiger partial charge in [0, 0.05) is 5.92 Å². The van der Waals surface area contributed by atoms with Gasteiger partial charge < -0.3 is 10.4 Å². The van der Waals surface area contributed by atoms with Gasteiger partial charge in [-0.3, -0.25) is 4.79 Å². The Bertz CT molecular complexity index is 220. The van der Waals surface area contributed by atoms with E-state index in [2.05, 4.69) is 5.32 Å². The van der Waals surface area contributed by atoms with Crippen LogP contribution >= 0.6 is 0 Å². The predicted octanol–water partition coefficient (Wildman–Crippen LogP) is 2.62.